The fraction of sp³-hybridized carbons (Fsp3) is 0.273. The highest BCUT2D eigenvalue weighted by molar-refractivity contribution is 5.68. The number of aliphatic carboxylic acids is 1. The van der Waals surface area contributed by atoms with Gasteiger partial charge in [0.1, 0.15) is 5.65 Å². The predicted octanol–water partition coefficient (Wildman–Crippen LogP) is 1.12. The van der Waals surface area contributed by atoms with E-state index in [0.717, 1.165) is 16.9 Å². The molecule has 0 saturated heterocycles. The molecule has 0 aliphatic rings. The fourth-order valence-corrected chi connectivity index (χ4v) is 1.74. The Kier molecular flexibility index (Phi) is 2.62. The first-order chi connectivity index (χ1) is 7.58. The number of nitrogens with zero attached hydrogens (tertiary/aromatic N) is 2. The van der Waals surface area contributed by atoms with Crippen molar-refractivity contribution in [2.75, 3.05) is 0 Å². The predicted molar refractivity (Wildman–Crippen MR) is 59.1 cm³/mol. The number of carbonyl (C=O) groups is 1. The van der Waals surface area contributed by atoms with Gasteiger partial charge in [-0.25, -0.2) is 4.98 Å². The Morgan fingerprint density at radius 2 is 2.44 bits per heavy atom. The maximum Gasteiger partial charge on any atom is 0.305 e. The Labute approximate surface area is 92.5 Å². The second kappa shape index (κ2) is 3.94. The van der Waals surface area contributed by atoms with E-state index < -0.39 is 12.0 Å². The molecule has 2 aromatic heterocycles. The molecule has 2 heterocycles. The van der Waals surface area contributed by atoms with E-state index in [1.807, 2.05) is 35.9 Å². The van der Waals surface area contributed by atoms with Crippen LogP contribution in [0.15, 0.2) is 24.5 Å². The topological polar surface area (TPSA) is 80.6 Å². The molecule has 84 valence electrons. The summed E-state index contributed by atoms with van der Waals surface area (Å²) in [6, 6.07) is 3.13. The molecular formula is C11H13N3O2. The first-order valence-electron chi connectivity index (χ1n) is 4.99. The van der Waals surface area contributed by atoms with Crippen LogP contribution in [0.4, 0.5) is 0 Å². The number of hydrogen-bond donors (Lipinski definition) is 2. The van der Waals surface area contributed by atoms with Gasteiger partial charge in [-0.15, -0.1) is 0 Å². The van der Waals surface area contributed by atoms with E-state index >= 15 is 0 Å². The number of aryl methyl sites for hydroxylation is 1. The molecule has 0 amide bonds. The van der Waals surface area contributed by atoms with Crippen molar-refractivity contribution in [3.63, 3.8) is 0 Å². The van der Waals surface area contributed by atoms with Gasteiger partial charge in [0.15, 0.2) is 0 Å². The SMILES string of the molecule is Cc1cn2cccc(C(N)CC(=O)O)c2n1. The minimum absolute atomic E-state index is 0.0917. The molecule has 5 heteroatoms. The van der Waals surface area contributed by atoms with Crippen LogP contribution in [0.1, 0.15) is 23.7 Å². The molecule has 5 nitrogen and oxygen atoms in total. The quantitative estimate of drug-likeness (QED) is 0.810. The van der Waals surface area contributed by atoms with Gasteiger partial charge in [0, 0.05) is 24.0 Å². The lowest BCUT2D eigenvalue weighted by Crippen LogP contribution is -2.16. The second-order valence-corrected chi connectivity index (χ2v) is 3.78. The van der Waals surface area contributed by atoms with Crippen molar-refractivity contribution < 1.29 is 9.90 Å². The minimum atomic E-state index is -0.905. The van der Waals surface area contributed by atoms with E-state index in [0.29, 0.717) is 0 Å². The van der Waals surface area contributed by atoms with Crippen molar-refractivity contribution in [1.82, 2.24) is 9.38 Å². The highest BCUT2D eigenvalue weighted by Crippen LogP contribution is 2.19. The van der Waals surface area contributed by atoms with Crippen LogP contribution in [0.3, 0.4) is 0 Å². The molecule has 0 saturated carbocycles. The molecule has 1 atom stereocenters. The average Bonchev–Trinajstić information content (AvgIpc) is 2.55. The largest absolute Gasteiger partial charge is 0.481 e. The van der Waals surface area contributed by atoms with Crippen molar-refractivity contribution in [2.24, 2.45) is 5.73 Å². The molecule has 2 aromatic rings. The van der Waals surface area contributed by atoms with Crippen LogP contribution in [0.2, 0.25) is 0 Å². The van der Waals surface area contributed by atoms with Crippen LogP contribution in [-0.2, 0) is 4.79 Å². The van der Waals surface area contributed by atoms with Gasteiger partial charge in [0.2, 0.25) is 0 Å². The Hall–Kier alpha value is -1.88. The summed E-state index contributed by atoms with van der Waals surface area (Å²) >= 11 is 0. The Bertz CT molecular complexity index is 533. The van der Waals surface area contributed by atoms with Crippen molar-refractivity contribution in [3.8, 4) is 0 Å². The second-order valence-electron chi connectivity index (χ2n) is 3.78. The molecule has 2 rings (SSSR count). The van der Waals surface area contributed by atoms with Gasteiger partial charge in [-0.2, -0.15) is 0 Å². The smallest absolute Gasteiger partial charge is 0.305 e. The third kappa shape index (κ3) is 1.90. The summed E-state index contributed by atoms with van der Waals surface area (Å²) in [5.41, 5.74) is 8.21. The Balaban J connectivity index is 2.47. The summed E-state index contributed by atoms with van der Waals surface area (Å²) in [7, 11) is 0. The molecular weight excluding hydrogens is 206 g/mol. The highest BCUT2D eigenvalue weighted by Gasteiger charge is 2.14. The number of nitrogens with two attached hydrogens (primary N) is 1. The number of carboxylic acids is 1. The standard InChI is InChI=1S/C11H13N3O2/c1-7-6-14-4-2-3-8(11(14)13-7)9(12)5-10(15)16/h2-4,6,9H,5,12H2,1H3,(H,15,16). The van der Waals surface area contributed by atoms with Gasteiger partial charge in [0.25, 0.3) is 0 Å². The first-order valence-corrected chi connectivity index (χ1v) is 4.99. The van der Waals surface area contributed by atoms with Crippen LogP contribution in [0, 0.1) is 6.92 Å². The van der Waals surface area contributed by atoms with Crippen LogP contribution >= 0.6 is 0 Å². The molecule has 0 aliphatic carbocycles. The molecule has 3 N–H and O–H groups in total. The summed E-state index contributed by atoms with van der Waals surface area (Å²) in [5.74, 6) is -0.905. The first kappa shape index (κ1) is 10.6. The van der Waals surface area contributed by atoms with Gasteiger partial charge in [-0.1, -0.05) is 6.07 Å². The minimum Gasteiger partial charge on any atom is -0.481 e. The van der Waals surface area contributed by atoms with Gasteiger partial charge >= 0.3 is 5.97 Å². The maximum absolute atomic E-state index is 10.6. The van der Waals surface area contributed by atoms with Gasteiger partial charge < -0.3 is 15.2 Å². The third-order valence-electron chi connectivity index (χ3n) is 2.43. The lowest BCUT2D eigenvalue weighted by Gasteiger charge is -2.10. The van der Waals surface area contributed by atoms with Crippen LogP contribution in [0.25, 0.3) is 5.65 Å². The number of aromatic nitrogens is 2. The summed E-state index contributed by atoms with van der Waals surface area (Å²) in [5, 5.41) is 8.72. The summed E-state index contributed by atoms with van der Waals surface area (Å²) in [6.07, 6.45) is 3.66. The van der Waals surface area contributed by atoms with E-state index in [1.165, 1.54) is 0 Å². The van der Waals surface area contributed by atoms with Crippen LogP contribution < -0.4 is 5.73 Å². The fourth-order valence-electron chi connectivity index (χ4n) is 1.74. The van der Waals surface area contributed by atoms with Crippen molar-refractivity contribution in [2.45, 2.75) is 19.4 Å². The molecule has 0 radical (unpaired) electrons. The van der Waals surface area contributed by atoms with E-state index in [2.05, 4.69) is 4.98 Å². The number of pyridine rings is 1. The van der Waals surface area contributed by atoms with Crippen LogP contribution in [0.5, 0.6) is 0 Å². The zero-order valence-corrected chi connectivity index (χ0v) is 8.92. The molecule has 0 bridgehead atoms. The average molecular weight is 219 g/mol. The zero-order valence-electron chi connectivity index (χ0n) is 8.92. The normalized spacial score (nSPS) is 12.9. The van der Waals surface area contributed by atoms with Gasteiger partial charge in [-0.3, -0.25) is 4.79 Å². The number of rotatable bonds is 3. The molecule has 0 aliphatic heterocycles. The van der Waals surface area contributed by atoms with Crippen molar-refractivity contribution in [1.29, 1.82) is 0 Å². The highest BCUT2D eigenvalue weighted by atomic mass is 16.4. The maximum atomic E-state index is 10.6. The molecule has 0 aromatic carbocycles. The summed E-state index contributed by atoms with van der Waals surface area (Å²) < 4.78 is 1.85. The van der Waals surface area contributed by atoms with E-state index in [-0.39, 0.29) is 6.42 Å². The van der Waals surface area contributed by atoms with Crippen molar-refractivity contribution in [3.05, 3.63) is 35.8 Å². The molecule has 0 spiro atoms. The molecule has 16 heavy (non-hydrogen) atoms. The number of carboxylic acid groups (broad SMARTS) is 1. The van der Waals surface area contributed by atoms with Gasteiger partial charge in [-0.05, 0) is 13.0 Å². The summed E-state index contributed by atoms with van der Waals surface area (Å²) in [6.45, 7) is 1.89. The lowest BCUT2D eigenvalue weighted by molar-refractivity contribution is -0.137. The van der Waals surface area contributed by atoms with Gasteiger partial charge in [0.05, 0.1) is 12.1 Å². The summed E-state index contributed by atoms with van der Waals surface area (Å²) in [4.78, 5) is 14.9. The van der Waals surface area contributed by atoms with E-state index in [4.69, 9.17) is 10.8 Å². The van der Waals surface area contributed by atoms with E-state index in [9.17, 15) is 4.79 Å². The van der Waals surface area contributed by atoms with E-state index in [1.54, 1.807) is 0 Å². The molecule has 0 fully saturated rings. The number of hydrogen-bond acceptors (Lipinski definition) is 3. The monoisotopic (exact) mass is 219 g/mol. The van der Waals surface area contributed by atoms with Crippen molar-refractivity contribution >= 4 is 11.6 Å². The zero-order chi connectivity index (χ0) is 11.7. The lowest BCUT2D eigenvalue weighted by atomic mass is 10.1. The number of fused-ring (bicyclic) bond motifs is 1. The Morgan fingerprint density at radius 1 is 1.69 bits per heavy atom. The molecule has 1 unspecified atom stereocenters. The number of imidazole rings is 1. The van der Waals surface area contributed by atoms with Crippen LogP contribution in [-0.4, -0.2) is 20.5 Å². The third-order valence-corrected chi connectivity index (χ3v) is 2.43. The Morgan fingerprint density at radius 3 is 3.12 bits per heavy atom.